The number of aromatic amines is 2. The summed E-state index contributed by atoms with van der Waals surface area (Å²) in [6, 6.07) is 4.98. The predicted molar refractivity (Wildman–Crippen MR) is 104 cm³/mol. The molecule has 146 valence electrons. The standard InChI is InChI=1S/C18H26N6O3/c1-3-19-16(25)11-23-6-8-24(9-7-23)12(2)17(26)20-13-4-5-14-15(10-13)22-18(27)21-14/h4-5,10,12H,3,6-9,11H2,1-2H3,(H,19,25)(H,20,26)(H2,21,22,27). The van der Waals surface area contributed by atoms with Crippen molar-refractivity contribution in [1.29, 1.82) is 0 Å². The monoisotopic (exact) mass is 374 g/mol. The van der Waals surface area contributed by atoms with Crippen molar-refractivity contribution in [1.82, 2.24) is 25.1 Å². The summed E-state index contributed by atoms with van der Waals surface area (Å²) in [6.45, 7) is 7.80. The number of aromatic nitrogens is 2. The Hall–Kier alpha value is -2.65. The van der Waals surface area contributed by atoms with Crippen LogP contribution in [0.25, 0.3) is 11.0 Å². The molecule has 0 aliphatic carbocycles. The number of carbonyl (C=O) groups excluding carboxylic acids is 2. The van der Waals surface area contributed by atoms with Crippen LogP contribution in [0.4, 0.5) is 5.69 Å². The SMILES string of the molecule is CCNC(=O)CN1CCN(C(C)C(=O)Nc2ccc3[nH]c(=O)[nH]c3c2)CC1. The van der Waals surface area contributed by atoms with Gasteiger partial charge in [0.05, 0.1) is 23.6 Å². The van der Waals surface area contributed by atoms with Crippen LogP contribution in [0.3, 0.4) is 0 Å². The number of amides is 2. The normalized spacial score (nSPS) is 17.0. The van der Waals surface area contributed by atoms with E-state index in [1.807, 2.05) is 13.8 Å². The van der Waals surface area contributed by atoms with Gasteiger partial charge in [-0.1, -0.05) is 0 Å². The maximum absolute atomic E-state index is 12.6. The first-order valence-electron chi connectivity index (χ1n) is 9.22. The van der Waals surface area contributed by atoms with Crippen molar-refractivity contribution in [3.63, 3.8) is 0 Å². The van der Waals surface area contributed by atoms with Crippen molar-refractivity contribution in [2.45, 2.75) is 19.9 Å². The number of likely N-dealkylation sites (N-methyl/N-ethyl adjacent to an activating group) is 1. The minimum absolute atomic E-state index is 0.0370. The van der Waals surface area contributed by atoms with Crippen LogP contribution in [0, 0.1) is 0 Å². The molecule has 2 amide bonds. The summed E-state index contributed by atoms with van der Waals surface area (Å²) in [6.07, 6.45) is 0. The molecular formula is C18H26N6O3. The quantitative estimate of drug-likeness (QED) is 0.566. The molecular weight excluding hydrogens is 348 g/mol. The smallest absolute Gasteiger partial charge is 0.323 e. The van der Waals surface area contributed by atoms with Gasteiger partial charge in [0.15, 0.2) is 0 Å². The van der Waals surface area contributed by atoms with E-state index in [2.05, 4.69) is 30.4 Å². The lowest BCUT2D eigenvalue weighted by molar-refractivity contribution is -0.124. The Morgan fingerprint density at radius 1 is 1.15 bits per heavy atom. The summed E-state index contributed by atoms with van der Waals surface area (Å²) in [4.78, 5) is 45.2. The van der Waals surface area contributed by atoms with Gasteiger partial charge in [-0.15, -0.1) is 0 Å². The van der Waals surface area contributed by atoms with Crippen molar-refractivity contribution in [2.75, 3.05) is 44.6 Å². The molecule has 0 spiro atoms. The molecule has 0 bridgehead atoms. The highest BCUT2D eigenvalue weighted by molar-refractivity contribution is 5.96. The Labute approximate surface area is 157 Å². The van der Waals surface area contributed by atoms with E-state index in [1.54, 1.807) is 18.2 Å². The Morgan fingerprint density at radius 2 is 1.85 bits per heavy atom. The van der Waals surface area contributed by atoms with Gasteiger partial charge in [0.25, 0.3) is 0 Å². The number of nitrogens with zero attached hydrogens (tertiary/aromatic N) is 2. The summed E-state index contributed by atoms with van der Waals surface area (Å²) >= 11 is 0. The predicted octanol–water partition coefficient (Wildman–Crippen LogP) is -0.0631. The fourth-order valence-electron chi connectivity index (χ4n) is 3.29. The van der Waals surface area contributed by atoms with Crippen LogP contribution < -0.4 is 16.3 Å². The van der Waals surface area contributed by atoms with E-state index >= 15 is 0 Å². The van der Waals surface area contributed by atoms with Gasteiger partial charge in [0, 0.05) is 38.4 Å². The Bertz CT molecular complexity index is 865. The van der Waals surface area contributed by atoms with Gasteiger partial charge in [-0.05, 0) is 32.0 Å². The van der Waals surface area contributed by atoms with Crippen LogP contribution in [-0.4, -0.2) is 76.9 Å². The highest BCUT2D eigenvalue weighted by Gasteiger charge is 2.26. The third kappa shape index (κ3) is 4.75. The van der Waals surface area contributed by atoms with Gasteiger partial charge in [0.2, 0.25) is 11.8 Å². The maximum atomic E-state index is 12.6. The first kappa shape index (κ1) is 19.1. The number of piperazine rings is 1. The number of hydrogen-bond donors (Lipinski definition) is 4. The van der Waals surface area contributed by atoms with E-state index in [9.17, 15) is 14.4 Å². The number of fused-ring (bicyclic) bond motifs is 1. The molecule has 27 heavy (non-hydrogen) atoms. The average Bonchev–Trinajstić information content (AvgIpc) is 3.01. The minimum atomic E-state index is -0.280. The molecule has 1 aliphatic rings. The number of anilines is 1. The highest BCUT2D eigenvalue weighted by atomic mass is 16.2. The van der Waals surface area contributed by atoms with E-state index in [4.69, 9.17) is 0 Å². The fourth-order valence-corrected chi connectivity index (χ4v) is 3.29. The second-order valence-electron chi connectivity index (χ2n) is 6.77. The minimum Gasteiger partial charge on any atom is -0.355 e. The molecule has 2 heterocycles. The van der Waals surface area contributed by atoms with Crippen LogP contribution in [0.15, 0.2) is 23.0 Å². The third-order valence-corrected chi connectivity index (χ3v) is 4.86. The van der Waals surface area contributed by atoms with Crippen molar-refractivity contribution in [2.24, 2.45) is 0 Å². The summed E-state index contributed by atoms with van der Waals surface area (Å²) in [5.74, 6) is -0.0562. The molecule has 1 aliphatic heterocycles. The average molecular weight is 374 g/mol. The lowest BCUT2D eigenvalue weighted by Gasteiger charge is -2.37. The largest absolute Gasteiger partial charge is 0.355 e. The fraction of sp³-hybridized carbons (Fsp3) is 0.500. The van der Waals surface area contributed by atoms with Gasteiger partial charge in [-0.2, -0.15) is 0 Å². The Kier molecular flexibility index (Phi) is 5.92. The highest BCUT2D eigenvalue weighted by Crippen LogP contribution is 2.16. The molecule has 1 atom stereocenters. The Balaban J connectivity index is 1.52. The maximum Gasteiger partial charge on any atom is 0.323 e. The molecule has 1 fully saturated rings. The molecule has 2 aromatic rings. The Morgan fingerprint density at radius 3 is 2.56 bits per heavy atom. The van der Waals surface area contributed by atoms with Crippen molar-refractivity contribution < 1.29 is 9.59 Å². The molecule has 1 aromatic heterocycles. The van der Waals surface area contributed by atoms with Crippen molar-refractivity contribution in [3.05, 3.63) is 28.7 Å². The first-order chi connectivity index (χ1) is 13.0. The number of imidazole rings is 1. The topological polar surface area (TPSA) is 113 Å². The molecule has 9 nitrogen and oxygen atoms in total. The van der Waals surface area contributed by atoms with Crippen LogP contribution >= 0.6 is 0 Å². The number of H-pyrrole nitrogens is 2. The summed E-state index contributed by atoms with van der Waals surface area (Å²) < 4.78 is 0. The number of nitrogens with one attached hydrogen (secondary N) is 4. The zero-order chi connectivity index (χ0) is 19.4. The molecule has 9 heteroatoms. The summed E-state index contributed by atoms with van der Waals surface area (Å²) in [5.41, 5.74) is 1.73. The van der Waals surface area contributed by atoms with Gasteiger partial charge in [-0.3, -0.25) is 19.4 Å². The van der Waals surface area contributed by atoms with E-state index in [1.165, 1.54) is 0 Å². The summed E-state index contributed by atoms with van der Waals surface area (Å²) in [7, 11) is 0. The van der Waals surface area contributed by atoms with Gasteiger partial charge >= 0.3 is 5.69 Å². The zero-order valence-electron chi connectivity index (χ0n) is 15.7. The van der Waals surface area contributed by atoms with Crippen molar-refractivity contribution in [3.8, 4) is 0 Å². The second-order valence-corrected chi connectivity index (χ2v) is 6.77. The summed E-state index contributed by atoms with van der Waals surface area (Å²) in [5, 5.41) is 5.71. The van der Waals surface area contributed by atoms with E-state index in [0.717, 1.165) is 26.2 Å². The van der Waals surface area contributed by atoms with Crippen molar-refractivity contribution >= 4 is 28.5 Å². The van der Waals surface area contributed by atoms with Gasteiger partial charge in [-0.25, -0.2) is 4.79 Å². The number of carbonyl (C=O) groups is 2. The van der Waals surface area contributed by atoms with Gasteiger partial charge < -0.3 is 20.6 Å². The van der Waals surface area contributed by atoms with E-state index in [0.29, 0.717) is 29.8 Å². The number of benzene rings is 1. The van der Waals surface area contributed by atoms with E-state index in [-0.39, 0.29) is 23.5 Å². The second kappa shape index (κ2) is 8.36. The zero-order valence-corrected chi connectivity index (χ0v) is 15.7. The van der Waals surface area contributed by atoms with Crippen LogP contribution in [0.2, 0.25) is 0 Å². The molecule has 1 unspecified atom stereocenters. The first-order valence-corrected chi connectivity index (χ1v) is 9.22. The van der Waals surface area contributed by atoms with Gasteiger partial charge in [0.1, 0.15) is 0 Å². The number of rotatable bonds is 6. The number of hydrogen-bond acceptors (Lipinski definition) is 5. The molecule has 3 rings (SSSR count). The lowest BCUT2D eigenvalue weighted by atomic mass is 10.2. The third-order valence-electron chi connectivity index (χ3n) is 4.86. The van der Waals surface area contributed by atoms with Crippen LogP contribution in [0.5, 0.6) is 0 Å². The van der Waals surface area contributed by atoms with Crippen LogP contribution in [0.1, 0.15) is 13.8 Å². The molecule has 0 saturated carbocycles. The van der Waals surface area contributed by atoms with Crippen LogP contribution in [-0.2, 0) is 9.59 Å². The lowest BCUT2D eigenvalue weighted by Crippen LogP contribution is -2.54. The van der Waals surface area contributed by atoms with E-state index < -0.39 is 0 Å². The molecule has 1 saturated heterocycles. The molecule has 1 aromatic carbocycles. The molecule has 4 N–H and O–H groups in total. The molecule has 0 radical (unpaired) electrons.